The molecule has 0 aromatic rings. The van der Waals surface area contributed by atoms with Crippen LogP contribution in [0.1, 0.15) is 0 Å². The molecule has 0 radical (unpaired) electrons. The molecule has 9 heavy (non-hydrogen) atoms. The van der Waals surface area contributed by atoms with E-state index in [2.05, 4.69) is 0 Å². The molecule has 0 fully saturated rings. The van der Waals surface area contributed by atoms with Gasteiger partial charge in [0.25, 0.3) is 0 Å². The number of hydrogen-bond donors (Lipinski definition) is 0. The minimum absolute atomic E-state index is 0.606. The van der Waals surface area contributed by atoms with E-state index in [-0.39, 0.29) is 0 Å². The molecule has 0 heterocycles. The van der Waals surface area contributed by atoms with Crippen molar-refractivity contribution in [3.8, 4) is 0 Å². The molecule has 0 unspecified atom stereocenters. The fourth-order valence-electron chi connectivity index (χ4n) is 0.500. The lowest BCUT2D eigenvalue weighted by Crippen LogP contribution is -2.46. The smallest absolute Gasteiger partial charge is 0.404 e. The van der Waals surface area contributed by atoms with Gasteiger partial charge in [-0.1, -0.05) is 0 Å². The Hall–Kier alpha value is 0.708. The van der Waals surface area contributed by atoms with Crippen molar-refractivity contribution in [1.82, 2.24) is 0 Å². The molecule has 0 aliphatic carbocycles. The lowest BCUT2D eigenvalue weighted by Gasteiger charge is -2.22. The summed E-state index contributed by atoms with van der Waals surface area (Å²) in [5, 5.41) is 0. The molecule has 0 atom stereocenters. The molecule has 8 heteroatoms. The van der Waals surface area contributed by atoms with E-state index in [1.54, 1.807) is 7.11 Å². The second kappa shape index (κ2) is 4.51. The fourth-order valence-corrected chi connectivity index (χ4v) is 9.00. The molecule has 0 bridgehead atoms. The lowest BCUT2D eigenvalue weighted by atomic mass is 11.8. The first-order valence-corrected chi connectivity index (χ1v) is 6.53. The van der Waals surface area contributed by atoms with Crippen molar-refractivity contribution in [2.45, 2.75) is 0 Å². The van der Waals surface area contributed by atoms with Gasteiger partial charge in [-0.3, -0.25) is 0 Å². The highest BCUT2D eigenvalue weighted by Gasteiger charge is 2.37. The second-order valence-corrected chi connectivity index (χ2v) is 7.62. The van der Waals surface area contributed by atoms with Crippen LogP contribution >= 0.6 is 0 Å². The Morgan fingerprint density at radius 2 is 1.33 bits per heavy atom. The summed E-state index contributed by atoms with van der Waals surface area (Å²) in [7, 11) is 0.868. The van der Waals surface area contributed by atoms with Gasteiger partial charge < -0.3 is 16.8 Å². The standard InChI is InChI=1S/CH12O4Si4/c1-2-9(3-6,4-7)5-8/h1,6-8H3. The highest BCUT2D eigenvalue weighted by molar-refractivity contribution is 6.63. The van der Waals surface area contributed by atoms with E-state index in [1.165, 1.54) is 0 Å². The quantitative estimate of drug-likeness (QED) is 0.433. The zero-order valence-corrected chi connectivity index (χ0v) is 13.1. The maximum absolute atomic E-state index is 5.07. The molecular weight excluding hydrogens is 188 g/mol. The van der Waals surface area contributed by atoms with Crippen LogP contribution in [0, 0.1) is 0 Å². The lowest BCUT2D eigenvalue weighted by molar-refractivity contribution is 0.134. The van der Waals surface area contributed by atoms with Gasteiger partial charge in [0.15, 0.2) is 0 Å². The van der Waals surface area contributed by atoms with Crippen molar-refractivity contribution < 1.29 is 16.8 Å². The van der Waals surface area contributed by atoms with Crippen LogP contribution in [0.25, 0.3) is 0 Å². The minimum Gasteiger partial charge on any atom is -0.404 e. The zero-order chi connectivity index (χ0) is 7.33. The topological polar surface area (TPSA) is 36.9 Å². The van der Waals surface area contributed by atoms with Crippen LogP contribution in [0.4, 0.5) is 0 Å². The molecule has 0 aliphatic heterocycles. The van der Waals surface area contributed by atoms with Gasteiger partial charge in [-0.05, 0) is 0 Å². The summed E-state index contributed by atoms with van der Waals surface area (Å²) in [6.45, 7) is 0. The first-order chi connectivity index (χ1) is 4.24. The van der Waals surface area contributed by atoms with Crippen LogP contribution in [0.2, 0.25) is 0 Å². The van der Waals surface area contributed by atoms with E-state index >= 15 is 0 Å². The van der Waals surface area contributed by atoms with E-state index in [0.717, 1.165) is 0 Å². The highest BCUT2D eigenvalue weighted by atomic mass is 28.5. The molecule has 0 saturated heterocycles. The maximum atomic E-state index is 5.07. The second-order valence-electron chi connectivity index (χ2n) is 1.32. The van der Waals surface area contributed by atoms with Crippen LogP contribution in [-0.4, -0.2) is 47.6 Å². The van der Waals surface area contributed by atoms with E-state index in [9.17, 15) is 0 Å². The minimum atomic E-state index is -2.51. The van der Waals surface area contributed by atoms with Crippen molar-refractivity contribution >= 4 is 40.5 Å². The van der Waals surface area contributed by atoms with Gasteiger partial charge in [-0.25, -0.2) is 0 Å². The Bertz CT molecular complexity index is 55.5. The Morgan fingerprint density at radius 1 is 1.00 bits per heavy atom. The molecule has 0 aromatic carbocycles. The highest BCUT2D eigenvalue weighted by Crippen LogP contribution is 2.03. The van der Waals surface area contributed by atoms with Crippen molar-refractivity contribution in [2.24, 2.45) is 0 Å². The predicted molar refractivity (Wildman–Crippen MR) is 45.8 cm³/mol. The summed E-state index contributed by atoms with van der Waals surface area (Å²) in [6.07, 6.45) is 0. The fraction of sp³-hybridized carbons (Fsp3) is 1.00. The summed E-state index contributed by atoms with van der Waals surface area (Å²) in [5.74, 6) is 0. The van der Waals surface area contributed by atoms with Gasteiger partial charge in [-0.2, -0.15) is 0 Å². The summed E-state index contributed by atoms with van der Waals surface area (Å²) >= 11 is 0. The zero-order valence-electron chi connectivity index (χ0n) is 6.13. The van der Waals surface area contributed by atoms with Crippen molar-refractivity contribution in [3.05, 3.63) is 0 Å². The van der Waals surface area contributed by atoms with Gasteiger partial charge in [0.05, 0.1) is 0 Å². The summed E-state index contributed by atoms with van der Waals surface area (Å²) in [4.78, 5) is 0. The molecule has 0 N–H and O–H groups in total. The molecule has 0 spiro atoms. The molecule has 0 rings (SSSR count). The van der Waals surface area contributed by atoms with Gasteiger partial charge in [0.1, 0.15) is 31.5 Å². The maximum Gasteiger partial charge on any atom is 0.645 e. The Kier molecular flexibility index (Phi) is 4.87. The predicted octanol–water partition coefficient (Wildman–Crippen LogP) is -4.04. The van der Waals surface area contributed by atoms with Crippen molar-refractivity contribution in [2.75, 3.05) is 7.11 Å². The summed E-state index contributed by atoms with van der Waals surface area (Å²) in [5.41, 5.74) is 0. The van der Waals surface area contributed by atoms with Gasteiger partial charge >= 0.3 is 9.05 Å². The SMILES string of the molecule is CO[Si](O[SiH3])(O[SiH3])O[SiH3]. The van der Waals surface area contributed by atoms with E-state index < -0.39 is 9.05 Å². The largest absolute Gasteiger partial charge is 0.645 e. The van der Waals surface area contributed by atoms with Crippen molar-refractivity contribution in [1.29, 1.82) is 0 Å². The van der Waals surface area contributed by atoms with Crippen molar-refractivity contribution in [3.63, 3.8) is 0 Å². The van der Waals surface area contributed by atoms with Crippen LogP contribution in [-0.2, 0) is 16.8 Å². The molecule has 0 saturated carbocycles. The number of hydrogen-bond acceptors (Lipinski definition) is 4. The van der Waals surface area contributed by atoms with Gasteiger partial charge in [0.2, 0.25) is 0 Å². The van der Waals surface area contributed by atoms with Crippen LogP contribution < -0.4 is 0 Å². The third-order valence-corrected chi connectivity index (χ3v) is 7.50. The first-order valence-electron chi connectivity index (χ1n) is 2.45. The molecule has 0 amide bonds. The monoisotopic (exact) mass is 200 g/mol. The Labute approximate surface area is 65.0 Å². The normalized spacial score (nSPS) is 18.3. The third kappa shape index (κ3) is 2.43. The van der Waals surface area contributed by atoms with E-state index in [0.29, 0.717) is 31.5 Å². The average molecular weight is 200 g/mol. The van der Waals surface area contributed by atoms with E-state index in [1.807, 2.05) is 0 Å². The molecule has 0 aromatic heterocycles. The molecule has 0 aliphatic rings. The van der Waals surface area contributed by atoms with Gasteiger partial charge in [-0.15, -0.1) is 0 Å². The molecule has 56 valence electrons. The van der Waals surface area contributed by atoms with Crippen LogP contribution in [0.5, 0.6) is 0 Å². The van der Waals surface area contributed by atoms with Gasteiger partial charge in [0, 0.05) is 7.11 Å². The molecular formula is CH12O4Si4. The van der Waals surface area contributed by atoms with Crippen LogP contribution in [0.3, 0.4) is 0 Å². The summed E-state index contributed by atoms with van der Waals surface area (Å²) < 4.78 is 20.2. The van der Waals surface area contributed by atoms with E-state index in [4.69, 9.17) is 16.8 Å². The third-order valence-electron chi connectivity index (χ3n) is 1.00. The first kappa shape index (κ1) is 9.71. The Morgan fingerprint density at radius 3 is 1.33 bits per heavy atom. The summed E-state index contributed by atoms with van der Waals surface area (Å²) in [6, 6.07) is 0. The molecule has 4 nitrogen and oxygen atoms in total. The number of rotatable bonds is 4. The Balaban J connectivity index is 3.82. The average Bonchev–Trinajstić information content (AvgIpc) is 1.95. The van der Waals surface area contributed by atoms with Crippen LogP contribution in [0.15, 0.2) is 0 Å².